The first-order valence-electron chi connectivity index (χ1n) is 9.13. The van der Waals surface area contributed by atoms with Crippen molar-refractivity contribution in [3.05, 3.63) is 72.0 Å². The molecule has 0 aromatic heterocycles. The topological polar surface area (TPSA) is 3.24 Å². The van der Waals surface area contributed by atoms with Crippen LogP contribution in [-0.4, -0.2) is 17.5 Å². The molecule has 0 saturated carbocycles. The van der Waals surface area contributed by atoms with Gasteiger partial charge >= 0.3 is 0 Å². The van der Waals surface area contributed by atoms with Crippen LogP contribution in [0.4, 0.5) is 0 Å². The third-order valence-electron chi connectivity index (χ3n) is 4.07. The zero-order valence-electron chi connectivity index (χ0n) is 15.3. The maximum absolute atomic E-state index is 2.59. The number of rotatable bonds is 6. The molecule has 126 valence electrons. The summed E-state index contributed by atoms with van der Waals surface area (Å²) in [5, 5.41) is 0. The molecule has 0 aliphatic heterocycles. The highest BCUT2D eigenvalue weighted by Crippen LogP contribution is 2.28. The Morgan fingerprint density at radius 3 is 2.65 bits per heavy atom. The highest BCUT2D eigenvalue weighted by Gasteiger charge is 2.20. The summed E-state index contributed by atoms with van der Waals surface area (Å²) in [6.45, 7) is 9.30. The predicted octanol–water partition coefficient (Wildman–Crippen LogP) is 6.35. The minimum absolute atomic E-state index is 0.494. The minimum atomic E-state index is 0.494. The SMILES string of the molecule is C/C=C\C=C/CN(C1=C(CC)C=CCC1)C1C=CC=CC1.CC. The number of hydrogen-bond donors (Lipinski definition) is 0. The molecule has 1 unspecified atom stereocenters. The summed E-state index contributed by atoms with van der Waals surface area (Å²) in [6, 6.07) is 0.494. The molecule has 0 radical (unpaired) electrons. The largest absolute Gasteiger partial charge is 0.364 e. The van der Waals surface area contributed by atoms with Crippen molar-refractivity contribution in [3.8, 4) is 0 Å². The van der Waals surface area contributed by atoms with Crippen molar-refractivity contribution in [2.75, 3.05) is 6.54 Å². The van der Waals surface area contributed by atoms with Crippen molar-refractivity contribution >= 4 is 0 Å². The fraction of sp³-hybridized carbons (Fsp3) is 0.455. The Morgan fingerprint density at radius 1 is 1.17 bits per heavy atom. The molecule has 0 N–H and O–H groups in total. The number of hydrogen-bond acceptors (Lipinski definition) is 1. The Bertz CT molecular complexity index is 500. The van der Waals surface area contributed by atoms with E-state index in [1.807, 2.05) is 13.8 Å². The smallest absolute Gasteiger partial charge is 0.0511 e. The van der Waals surface area contributed by atoms with Gasteiger partial charge in [0.05, 0.1) is 6.04 Å². The van der Waals surface area contributed by atoms with Gasteiger partial charge in [-0.05, 0) is 38.2 Å². The zero-order chi connectivity index (χ0) is 16.9. The molecule has 1 nitrogen and oxygen atoms in total. The van der Waals surface area contributed by atoms with E-state index >= 15 is 0 Å². The van der Waals surface area contributed by atoms with Crippen molar-refractivity contribution in [2.45, 2.75) is 59.4 Å². The molecule has 2 rings (SSSR count). The minimum Gasteiger partial charge on any atom is -0.364 e. The number of allylic oxidation sites excluding steroid dienone is 9. The van der Waals surface area contributed by atoms with Gasteiger partial charge in [0.25, 0.3) is 0 Å². The molecule has 0 bridgehead atoms. The van der Waals surface area contributed by atoms with Crippen molar-refractivity contribution in [1.29, 1.82) is 0 Å². The van der Waals surface area contributed by atoms with E-state index < -0.39 is 0 Å². The zero-order valence-corrected chi connectivity index (χ0v) is 15.3. The van der Waals surface area contributed by atoms with Crippen LogP contribution in [0, 0.1) is 0 Å². The molecule has 2 aliphatic rings. The summed E-state index contributed by atoms with van der Waals surface area (Å²) < 4.78 is 0. The molecule has 0 fully saturated rings. The van der Waals surface area contributed by atoms with E-state index in [-0.39, 0.29) is 0 Å². The first-order valence-corrected chi connectivity index (χ1v) is 9.13. The van der Waals surface area contributed by atoms with Crippen molar-refractivity contribution < 1.29 is 0 Å². The van der Waals surface area contributed by atoms with E-state index in [1.54, 1.807) is 0 Å². The lowest BCUT2D eigenvalue weighted by atomic mass is 9.97. The second kappa shape index (κ2) is 11.8. The number of nitrogens with zero attached hydrogens (tertiary/aromatic N) is 1. The normalized spacial score (nSPS) is 20.3. The molecule has 1 heteroatoms. The quantitative estimate of drug-likeness (QED) is 0.517. The Labute approximate surface area is 143 Å². The molecule has 1 atom stereocenters. The van der Waals surface area contributed by atoms with E-state index in [9.17, 15) is 0 Å². The van der Waals surface area contributed by atoms with Crippen molar-refractivity contribution in [3.63, 3.8) is 0 Å². The van der Waals surface area contributed by atoms with Gasteiger partial charge in [0.1, 0.15) is 0 Å². The summed E-state index contributed by atoms with van der Waals surface area (Å²) in [4.78, 5) is 2.59. The highest BCUT2D eigenvalue weighted by molar-refractivity contribution is 5.31. The van der Waals surface area contributed by atoms with Crippen LogP contribution in [0.3, 0.4) is 0 Å². The lowest BCUT2D eigenvalue weighted by molar-refractivity contribution is 0.305. The molecule has 2 aliphatic carbocycles. The molecular formula is C22H33N. The van der Waals surface area contributed by atoms with Gasteiger partial charge in [0, 0.05) is 12.2 Å². The van der Waals surface area contributed by atoms with Crippen LogP contribution in [0.1, 0.15) is 53.4 Å². The molecule has 0 aromatic rings. The molecule has 0 amide bonds. The maximum Gasteiger partial charge on any atom is 0.0511 e. The summed E-state index contributed by atoms with van der Waals surface area (Å²) >= 11 is 0. The van der Waals surface area contributed by atoms with Crippen LogP contribution < -0.4 is 0 Å². The van der Waals surface area contributed by atoms with Gasteiger partial charge in [-0.15, -0.1) is 0 Å². The molecule has 0 spiro atoms. The second-order valence-corrected chi connectivity index (χ2v) is 5.49. The van der Waals surface area contributed by atoms with Gasteiger partial charge in [-0.2, -0.15) is 0 Å². The van der Waals surface area contributed by atoms with E-state index in [2.05, 4.69) is 79.5 Å². The standard InChI is InChI=1S/C20H27N.C2H6/c1-3-5-6-12-17-21(19-14-8-7-9-15-19)20-16-11-10-13-18(20)4-2;1-2/h3,5-10,12-14,19H,4,11,15-17H2,1-2H3;1-2H3/b5-3-,12-6-;. The Morgan fingerprint density at radius 2 is 2.00 bits per heavy atom. The summed E-state index contributed by atoms with van der Waals surface area (Å²) in [5.41, 5.74) is 3.04. The molecule has 23 heavy (non-hydrogen) atoms. The lowest BCUT2D eigenvalue weighted by Crippen LogP contribution is -2.35. The van der Waals surface area contributed by atoms with Gasteiger partial charge < -0.3 is 4.90 Å². The molecule has 0 heterocycles. The fourth-order valence-corrected chi connectivity index (χ4v) is 2.96. The molecule has 0 aromatic carbocycles. The van der Waals surface area contributed by atoms with E-state index in [0.717, 1.165) is 19.4 Å². The van der Waals surface area contributed by atoms with Gasteiger partial charge in [-0.3, -0.25) is 0 Å². The van der Waals surface area contributed by atoms with E-state index in [0.29, 0.717) is 6.04 Å². The summed E-state index contributed by atoms with van der Waals surface area (Å²) in [5.74, 6) is 0. The lowest BCUT2D eigenvalue weighted by Gasteiger charge is -2.36. The second-order valence-electron chi connectivity index (χ2n) is 5.49. The monoisotopic (exact) mass is 311 g/mol. The van der Waals surface area contributed by atoms with Crippen LogP contribution in [0.5, 0.6) is 0 Å². The van der Waals surface area contributed by atoms with E-state index in [4.69, 9.17) is 0 Å². The highest BCUT2D eigenvalue weighted by atomic mass is 15.2. The fourth-order valence-electron chi connectivity index (χ4n) is 2.96. The van der Waals surface area contributed by atoms with E-state index in [1.165, 1.54) is 24.1 Å². The van der Waals surface area contributed by atoms with Gasteiger partial charge in [-0.25, -0.2) is 0 Å². The van der Waals surface area contributed by atoms with Gasteiger partial charge in [0.15, 0.2) is 0 Å². The Hall–Kier alpha value is -1.76. The van der Waals surface area contributed by atoms with Crippen molar-refractivity contribution in [1.82, 2.24) is 4.90 Å². The van der Waals surface area contributed by atoms with Crippen LogP contribution in [0.15, 0.2) is 72.0 Å². The van der Waals surface area contributed by atoms with Crippen LogP contribution in [0.2, 0.25) is 0 Å². The Kier molecular flexibility index (Phi) is 9.86. The molecular weight excluding hydrogens is 278 g/mol. The summed E-state index contributed by atoms with van der Waals surface area (Å²) in [6.07, 6.45) is 26.7. The van der Waals surface area contributed by atoms with Crippen LogP contribution >= 0.6 is 0 Å². The average Bonchev–Trinajstić information content (AvgIpc) is 2.64. The third kappa shape index (κ3) is 6.09. The van der Waals surface area contributed by atoms with Gasteiger partial charge in [-0.1, -0.05) is 81.5 Å². The molecule has 0 saturated heterocycles. The van der Waals surface area contributed by atoms with Crippen LogP contribution in [0.25, 0.3) is 0 Å². The average molecular weight is 312 g/mol. The summed E-state index contributed by atoms with van der Waals surface area (Å²) in [7, 11) is 0. The predicted molar refractivity (Wildman–Crippen MR) is 104 cm³/mol. The van der Waals surface area contributed by atoms with Crippen LogP contribution in [-0.2, 0) is 0 Å². The third-order valence-corrected chi connectivity index (χ3v) is 4.07. The maximum atomic E-state index is 2.59. The van der Waals surface area contributed by atoms with Crippen molar-refractivity contribution in [2.24, 2.45) is 0 Å². The first-order chi connectivity index (χ1) is 11.4. The Balaban J connectivity index is 0.00000127. The van der Waals surface area contributed by atoms with Gasteiger partial charge in [0.2, 0.25) is 0 Å². The first kappa shape index (κ1) is 19.3.